The Morgan fingerprint density at radius 2 is 1.89 bits per heavy atom. The van der Waals surface area contributed by atoms with Crippen LogP contribution in [0, 0.1) is 11.6 Å². The number of hydrogen-bond acceptors (Lipinski definition) is 2. The van der Waals surface area contributed by atoms with Crippen molar-refractivity contribution in [2.45, 2.75) is 6.61 Å². The van der Waals surface area contributed by atoms with Gasteiger partial charge in [-0.15, -0.1) is 0 Å². The highest BCUT2D eigenvalue weighted by atomic mass is 19.1. The third-order valence-corrected chi connectivity index (χ3v) is 2.41. The summed E-state index contributed by atoms with van der Waals surface area (Å²) in [5, 5.41) is 8.80. The molecule has 98 valence electrons. The third kappa shape index (κ3) is 3.51. The van der Waals surface area contributed by atoms with Gasteiger partial charge in [0.1, 0.15) is 24.0 Å². The molecule has 0 aliphatic rings. The first-order chi connectivity index (χ1) is 9.04. The van der Waals surface area contributed by atoms with Gasteiger partial charge < -0.3 is 9.84 Å². The van der Waals surface area contributed by atoms with Crippen LogP contribution in [-0.2, 0) is 6.61 Å². The number of benzene rings is 2. The first kappa shape index (κ1) is 13.0. The van der Waals surface area contributed by atoms with E-state index in [1.54, 1.807) is 6.07 Å². The molecular weight excluding hydrogens is 254 g/mol. The van der Waals surface area contributed by atoms with E-state index in [-0.39, 0.29) is 12.2 Å². The lowest BCUT2D eigenvalue weighted by atomic mass is 10.1. The van der Waals surface area contributed by atoms with Crippen LogP contribution in [0.1, 0.15) is 15.9 Å². The maximum Gasteiger partial charge on any atom is 0.335 e. The minimum absolute atomic E-state index is 0.0402. The van der Waals surface area contributed by atoms with Crippen LogP contribution in [0.5, 0.6) is 5.75 Å². The van der Waals surface area contributed by atoms with E-state index in [4.69, 9.17) is 9.84 Å². The summed E-state index contributed by atoms with van der Waals surface area (Å²) in [6.07, 6.45) is 0. The van der Waals surface area contributed by atoms with Crippen molar-refractivity contribution in [1.82, 2.24) is 0 Å². The summed E-state index contributed by atoms with van der Waals surface area (Å²) >= 11 is 0. The van der Waals surface area contributed by atoms with Crippen LogP contribution in [0.15, 0.2) is 42.5 Å². The average molecular weight is 264 g/mol. The maximum atomic E-state index is 13.2. The van der Waals surface area contributed by atoms with Gasteiger partial charge in [0.2, 0.25) is 0 Å². The average Bonchev–Trinajstić information content (AvgIpc) is 2.36. The Kier molecular flexibility index (Phi) is 3.75. The molecule has 0 aliphatic heterocycles. The maximum absolute atomic E-state index is 13.2. The molecular formula is C14H10F2O3. The second-order valence-electron chi connectivity index (χ2n) is 3.90. The lowest BCUT2D eigenvalue weighted by molar-refractivity contribution is 0.0696. The van der Waals surface area contributed by atoms with Gasteiger partial charge in [-0.2, -0.15) is 0 Å². The van der Waals surface area contributed by atoms with Crippen LogP contribution in [0.4, 0.5) is 8.78 Å². The summed E-state index contributed by atoms with van der Waals surface area (Å²) in [4.78, 5) is 10.8. The fourth-order valence-electron chi connectivity index (χ4n) is 1.58. The summed E-state index contributed by atoms with van der Waals surface area (Å²) in [5.41, 5.74) is 0.208. The lowest BCUT2D eigenvalue weighted by Crippen LogP contribution is -2.02. The Bertz CT molecular complexity index is 611. The molecule has 2 rings (SSSR count). The fraction of sp³-hybridized carbons (Fsp3) is 0.0714. The Hall–Kier alpha value is -2.43. The number of carboxylic acids is 1. The van der Waals surface area contributed by atoms with Crippen LogP contribution in [-0.4, -0.2) is 11.1 Å². The van der Waals surface area contributed by atoms with Crippen LogP contribution in [0.2, 0.25) is 0 Å². The highest BCUT2D eigenvalue weighted by Gasteiger charge is 2.07. The Morgan fingerprint density at radius 3 is 2.58 bits per heavy atom. The monoisotopic (exact) mass is 264 g/mol. The zero-order valence-corrected chi connectivity index (χ0v) is 9.77. The second kappa shape index (κ2) is 5.48. The van der Waals surface area contributed by atoms with Gasteiger partial charge in [0, 0.05) is 6.07 Å². The fourth-order valence-corrected chi connectivity index (χ4v) is 1.58. The number of aromatic carboxylic acids is 1. The van der Waals surface area contributed by atoms with Gasteiger partial charge >= 0.3 is 5.97 Å². The first-order valence-electron chi connectivity index (χ1n) is 5.46. The van der Waals surface area contributed by atoms with Crippen molar-refractivity contribution in [3.63, 3.8) is 0 Å². The Morgan fingerprint density at radius 1 is 1.11 bits per heavy atom. The minimum Gasteiger partial charge on any atom is -0.489 e. The van der Waals surface area contributed by atoms with E-state index >= 15 is 0 Å². The van der Waals surface area contributed by atoms with Crippen LogP contribution < -0.4 is 4.74 Å². The van der Waals surface area contributed by atoms with Crippen LogP contribution in [0.3, 0.4) is 0 Å². The summed E-state index contributed by atoms with van der Waals surface area (Å²) in [6.45, 7) is -0.0402. The van der Waals surface area contributed by atoms with E-state index in [0.717, 1.165) is 6.07 Å². The Balaban J connectivity index is 2.13. The third-order valence-electron chi connectivity index (χ3n) is 2.41. The molecule has 5 heteroatoms. The zero-order valence-electron chi connectivity index (χ0n) is 9.77. The summed E-state index contributed by atoms with van der Waals surface area (Å²) in [6, 6.07) is 8.92. The van der Waals surface area contributed by atoms with E-state index in [1.807, 2.05) is 0 Å². The molecule has 2 aromatic rings. The van der Waals surface area contributed by atoms with Crippen LogP contribution >= 0.6 is 0 Å². The highest BCUT2D eigenvalue weighted by molar-refractivity contribution is 5.87. The van der Waals surface area contributed by atoms with Gasteiger partial charge in [-0.1, -0.05) is 6.07 Å². The number of carbonyl (C=O) groups is 1. The molecule has 2 aromatic carbocycles. The molecule has 0 saturated heterocycles. The molecule has 0 spiro atoms. The van der Waals surface area contributed by atoms with Gasteiger partial charge in [-0.25, -0.2) is 13.6 Å². The number of ether oxygens (including phenoxy) is 1. The second-order valence-corrected chi connectivity index (χ2v) is 3.90. The first-order valence-corrected chi connectivity index (χ1v) is 5.46. The van der Waals surface area contributed by atoms with Crippen molar-refractivity contribution < 1.29 is 23.4 Å². The van der Waals surface area contributed by atoms with Gasteiger partial charge in [-0.05, 0) is 35.9 Å². The predicted molar refractivity (Wildman–Crippen MR) is 64.1 cm³/mol. The normalized spacial score (nSPS) is 10.2. The topological polar surface area (TPSA) is 46.5 Å². The quantitative estimate of drug-likeness (QED) is 0.922. The van der Waals surface area contributed by atoms with E-state index in [1.165, 1.54) is 30.3 Å². The van der Waals surface area contributed by atoms with Crippen LogP contribution in [0.25, 0.3) is 0 Å². The number of carboxylic acid groups (broad SMARTS) is 1. The SMILES string of the molecule is O=C(O)c1cc(F)cc(COc2cccc(F)c2)c1. The number of halogens is 2. The van der Waals surface area contributed by atoms with Crippen molar-refractivity contribution in [1.29, 1.82) is 0 Å². The summed E-state index contributed by atoms with van der Waals surface area (Å²) in [5.74, 6) is -2.02. The smallest absolute Gasteiger partial charge is 0.335 e. The molecule has 0 amide bonds. The molecule has 0 unspecified atom stereocenters. The molecule has 19 heavy (non-hydrogen) atoms. The number of rotatable bonds is 4. The Labute approximate surface area is 108 Å². The molecule has 0 fully saturated rings. The van der Waals surface area contributed by atoms with Gasteiger partial charge in [0.05, 0.1) is 5.56 Å². The van der Waals surface area contributed by atoms with E-state index in [2.05, 4.69) is 0 Å². The summed E-state index contributed by atoms with van der Waals surface area (Å²) in [7, 11) is 0. The van der Waals surface area contributed by atoms with Crippen molar-refractivity contribution in [3.8, 4) is 5.75 Å². The van der Waals surface area contributed by atoms with Crippen molar-refractivity contribution in [3.05, 3.63) is 65.2 Å². The molecule has 0 aromatic heterocycles. The van der Waals surface area contributed by atoms with Crippen molar-refractivity contribution in [2.24, 2.45) is 0 Å². The molecule has 0 heterocycles. The standard InChI is InChI=1S/C14H10F2O3/c15-11-2-1-3-13(7-11)19-8-9-4-10(14(17)18)6-12(16)5-9/h1-7H,8H2,(H,17,18). The molecule has 3 nitrogen and oxygen atoms in total. The largest absolute Gasteiger partial charge is 0.489 e. The minimum atomic E-state index is -1.22. The summed E-state index contributed by atoms with van der Waals surface area (Å²) < 4.78 is 31.4. The molecule has 0 radical (unpaired) electrons. The highest BCUT2D eigenvalue weighted by Crippen LogP contribution is 2.16. The molecule has 0 saturated carbocycles. The van der Waals surface area contributed by atoms with E-state index < -0.39 is 17.6 Å². The molecule has 0 bridgehead atoms. The predicted octanol–water partition coefficient (Wildman–Crippen LogP) is 3.24. The van der Waals surface area contributed by atoms with Crippen molar-refractivity contribution in [2.75, 3.05) is 0 Å². The molecule has 1 N–H and O–H groups in total. The van der Waals surface area contributed by atoms with Gasteiger partial charge in [-0.3, -0.25) is 0 Å². The molecule has 0 aliphatic carbocycles. The van der Waals surface area contributed by atoms with E-state index in [9.17, 15) is 13.6 Å². The van der Waals surface area contributed by atoms with E-state index in [0.29, 0.717) is 11.3 Å². The number of hydrogen-bond donors (Lipinski definition) is 1. The molecule has 0 atom stereocenters. The van der Waals surface area contributed by atoms with Gasteiger partial charge in [0.15, 0.2) is 0 Å². The lowest BCUT2D eigenvalue weighted by Gasteiger charge is -2.07. The van der Waals surface area contributed by atoms with Crippen molar-refractivity contribution >= 4 is 5.97 Å². The zero-order chi connectivity index (χ0) is 13.8. The van der Waals surface area contributed by atoms with Gasteiger partial charge in [0.25, 0.3) is 0 Å².